The van der Waals surface area contributed by atoms with Crippen molar-refractivity contribution < 1.29 is 14.3 Å². The van der Waals surface area contributed by atoms with E-state index < -0.39 is 6.04 Å². The molecule has 112 valence electrons. The van der Waals surface area contributed by atoms with E-state index in [4.69, 9.17) is 17.0 Å². The van der Waals surface area contributed by atoms with Crippen LogP contribution in [0.5, 0.6) is 0 Å². The highest BCUT2D eigenvalue weighted by atomic mass is 32.1. The molecule has 0 bridgehead atoms. The molecule has 1 saturated heterocycles. The third-order valence-electron chi connectivity index (χ3n) is 3.33. The van der Waals surface area contributed by atoms with E-state index >= 15 is 0 Å². The van der Waals surface area contributed by atoms with E-state index in [-0.39, 0.29) is 17.0 Å². The molecule has 0 aromatic heterocycles. The minimum atomic E-state index is -0.395. The lowest BCUT2D eigenvalue weighted by Crippen LogP contribution is -2.48. The summed E-state index contributed by atoms with van der Waals surface area (Å²) in [6, 6.07) is 8.44. The summed E-state index contributed by atoms with van der Waals surface area (Å²) >= 11 is 5.26. The number of carbonyl (C=O) groups is 2. The fourth-order valence-electron chi connectivity index (χ4n) is 2.32. The molecule has 2 rings (SSSR count). The van der Waals surface area contributed by atoms with Crippen LogP contribution in [0.4, 0.5) is 0 Å². The van der Waals surface area contributed by atoms with Crippen LogP contribution in [0.25, 0.3) is 0 Å². The number of hydrogen-bond acceptors (Lipinski definition) is 4. The monoisotopic (exact) mass is 306 g/mol. The summed E-state index contributed by atoms with van der Waals surface area (Å²) in [5.74, 6) is -0.554. The van der Waals surface area contributed by atoms with Crippen molar-refractivity contribution in [1.29, 1.82) is 0 Å². The smallest absolute Gasteiger partial charge is 0.328 e. The van der Waals surface area contributed by atoms with Crippen LogP contribution in [-0.4, -0.2) is 41.1 Å². The van der Waals surface area contributed by atoms with Crippen LogP contribution in [0.3, 0.4) is 0 Å². The van der Waals surface area contributed by atoms with Crippen LogP contribution >= 0.6 is 12.2 Å². The summed E-state index contributed by atoms with van der Waals surface area (Å²) in [5, 5.41) is 2.95. The van der Waals surface area contributed by atoms with Crippen molar-refractivity contribution in [3.8, 4) is 0 Å². The number of nitrogens with zero attached hydrogens (tertiary/aromatic N) is 1. The van der Waals surface area contributed by atoms with Gasteiger partial charge in [-0.2, -0.15) is 0 Å². The predicted molar refractivity (Wildman–Crippen MR) is 82.9 cm³/mol. The van der Waals surface area contributed by atoms with Gasteiger partial charge in [0.1, 0.15) is 6.04 Å². The van der Waals surface area contributed by atoms with Crippen LogP contribution in [0.1, 0.15) is 30.1 Å². The van der Waals surface area contributed by atoms with Crippen molar-refractivity contribution in [3.05, 3.63) is 35.9 Å². The second kappa shape index (κ2) is 7.17. The number of ether oxygens (including phenoxy) is 1. The molecule has 1 N–H and O–H groups in total. The Hall–Kier alpha value is -1.95. The minimum absolute atomic E-state index is 0.268. The van der Waals surface area contributed by atoms with Crippen molar-refractivity contribution in [2.75, 3.05) is 13.2 Å². The van der Waals surface area contributed by atoms with Crippen LogP contribution in [0.2, 0.25) is 0 Å². The molecule has 1 heterocycles. The highest BCUT2D eigenvalue weighted by Crippen LogP contribution is 2.18. The molecule has 21 heavy (non-hydrogen) atoms. The Bertz CT molecular complexity index is 533. The van der Waals surface area contributed by atoms with E-state index in [9.17, 15) is 9.59 Å². The van der Waals surface area contributed by atoms with Crippen LogP contribution in [-0.2, 0) is 9.53 Å². The zero-order valence-electron chi connectivity index (χ0n) is 11.9. The van der Waals surface area contributed by atoms with E-state index in [1.54, 1.807) is 36.1 Å². The highest BCUT2D eigenvalue weighted by molar-refractivity contribution is 7.80. The fraction of sp³-hybridized carbons (Fsp3) is 0.400. The predicted octanol–water partition coefficient (Wildman–Crippen LogP) is 1.73. The van der Waals surface area contributed by atoms with Crippen LogP contribution < -0.4 is 5.32 Å². The Labute approximate surface area is 129 Å². The van der Waals surface area contributed by atoms with Crippen molar-refractivity contribution in [2.45, 2.75) is 25.8 Å². The van der Waals surface area contributed by atoms with Crippen molar-refractivity contribution in [3.63, 3.8) is 0 Å². The van der Waals surface area contributed by atoms with Crippen molar-refractivity contribution in [2.24, 2.45) is 0 Å². The molecule has 5 nitrogen and oxygen atoms in total. The molecule has 1 fully saturated rings. The lowest BCUT2D eigenvalue weighted by atomic mass is 10.2. The van der Waals surface area contributed by atoms with Crippen molar-refractivity contribution >= 4 is 29.2 Å². The van der Waals surface area contributed by atoms with Gasteiger partial charge in [-0.3, -0.25) is 10.1 Å². The van der Waals surface area contributed by atoms with Gasteiger partial charge < -0.3 is 9.64 Å². The largest absolute Gasteiger partial charge is 0.464 e. The van der Waals surface area contributed by atoms with Gasteiger partial charge in [-0.25, -0.2) is 4.79 Å². The summed E-state index contributed by atoms with van der Waals surface area (Å²) in [4.78, 5) is 25.7. The zero-order valence-corrected chi connectivity index (χ0v) is 12.7. The second-order valence-electron chi connectivity index (χ2n) is 4.73. The normalized spacial score (nSPS) is 17.4. The topological polar surface area (TPSA) is 58.6 Å². The fourth-order valence-corrected chi connectivity index (χ4v) is 2.64. The molecule has 1 aromatic rings. The van der Waals surface area contributed by atoms with E-state index in [2.05, 4.69) is 5.32 Å². The zero-order chi connectivity index (χ0) is 15.2. The number of esters is 1. The van der Waals surface area contributed by atoms with Crippen LogP contribution in [0.15, 0.2) is 30.3 Å². The Morgan fingerprint density at radius 1 is 1.38 bits per heavy atom. The number of rotatable bonds is 3. The van der Waals surface area contributed by atoms with E-state index in [1.807, 2.05) is 6.07 Å². The number of carbonyl (C=O) groups excluding carboxylic acids is 2. The number of amides is 1. The van der Waals surface area contributed by atoms with E-state index in [1.165, 1.54) is 0 Å². The molecule has 0 saturated carbocycles. The molecule has 1 atom stereocenters. The molecule has 1 amide bonds. The van der Waals surface area contributed by atoms with Gasteiger partial charge >= 0.3 is 5.97 Å². The molecule has 6 heteroatoms. The molecule has 0 radical (unpaired) electrons. The number of likely N-dealkylation sites (tertiary alicyclic amines) is 1. The lowest BCUT2D eigenvalue weighted by molar-refractivity contribution is -0.147. The van der Waals surface area contributed by atoms with Gasteiger partial charge in [-0.05, 0) is 44.1 Å². The second-order valence-corrected chi connectivity index (χ2v) is 5.12. The van der Waals surface area contributed by atoms with Crippen molar-refractivity contribution in [1.82, 2.24) is 10.2 Å². The molecule has 0 spiro atoms. The summed E-state index contributed by atoms with van der Waals surface area (Å²) in [5.41, 5.74) is 0.534. The van der Waals surface area contributed by atoms with Gasteiger partial charge in [0, 0.05) is 12.1 Å². The van der Waals surface area contributed by atoms with Gasteiger partial charge in [0.2, 0.25) is 0 Å². The van der Waals surface area contributed by atoms with Gasteiger partial charge in [0.25, 0.3) is 5.91 Å². The Kier molecular flexibility index (Phi) is 5.27. The first kappa shape index (κ1) is 15.4. The lowest BCUT2D eigenvalue weighted by Gasteiger charge is -2.25. The standard InChI is InChI=1S/C15H18N2O3S/c1-2-20-14(19)12-9-6-10-17(12)15(21)16-13(18)11-7-4-3-5-8-11/h3-5,7-8,12H,2,6,9-10H2,1H3,(H,16,18,21)/t12-/m0/s1. The maximum atomic E-state index is 12.1. The number of hydrogen-bond donors (Lipinski definition) is 1. The first-order valence-corrected chi connectivity index (χ1v) is 7.38. The van der Waals surface area contributed by atoms with Gasteiger partial charge in [-0.1, -0.05) is 18.2 Å². The third kappa shape index (κ3) is 3.78. The highest BCUT2D eigenvalue weighted by Gasteiger charge is 2.33. The minimum Gasteiger partial charge on any atom is -0.464 e. The molecule has 0 aliphatic carbocycles. The number of thiocarbonyl (C=S) groups is 1. The molecule has 1 aromatic carbocycles. The maximum Gasteiger partial charge on any atom is 0.328 e. The van der Waals surface area contributed by atoms with Gasteiger partial charge in [0.15, 0.2) is 5.11 Å². The first-order valence-electron chi connectivity index (χ1n) is 6.97. The molecule has 1 aliphatic rings. The van der Waals surface area contributed by atoms with E-state index in [0.29, 0.717) is 25.1 Å². The molecular formula is C15H18N2O3S. The first-order chi connectivity index (χ1) is 10.1. The quantitative estimate of drug-likeness (QED) is 0.681. The van der Waals surface area contributed by atoms with E-state index in [0.717, 1.165) is 6.42 Å². The molecule has 0 unspecified atom stereocenters. The number of benzene rings is 1. The van der Waals surface area contributed by atoms with Gasteiger partial charge in [0.05, 0.1) is 6.61 Å². The summed E-state index contributed by atoms with van der Waals surface area (Å²) in [7, 11) is 0. The average molecular weight is 306 g/mol. The van der Waals surface area contributed by atoms with Gasteiger partial charge in [-0.15, -0.1) is 0 Å². The Morgan fingerprint density at radius 3 is 2.76 bits per heavy atom. The summed E-state index contributed by atoms with van der Waals surface area (Å²) in [6.07, 6.45) is 1.55. The number of nitrogens with one attached hydrogen (secondary N) is 1. The third-order valence-corrected chi connectivity index (χ3v) is 3.67. The summed E-state index contributed by atoms with van der Waals surface area (Å²) in [6.45, 7) is 2.76. The SMILES string of the molecule is CCOC(=O)[C@@H]1CCCN1C(=S)NC(=O)c1ccccc1. The van der Waals surface area contributed by atoms with Crippen LogP contribution in [0, 0.1) is 0 Å². The summed E-state index contributed by atoms with van der Waals surface area (Å²) < 4.78 is 5.04. The maximum absolute atomic E-state index is 12.1. The Balaban J connectivity index is 1.99. The Morgan fingerprint density at radius 2 is 2.10 bits per heavy atom. The molecule has 1 aliphatic heterocycles. The molecular weight excluding hydrogens is 288 g/mol. The average Bonchev–Trinajstić information content (AvgIpc) is 2.98.